The quantitative estimate of drug-likeness (QED) is 0.603. The summed E-state index contributed by atoms with van der Waals surface area (Å²) in [6.45, 7) is 4.25. The van der Waals surface area contributed by atoms with E-state index >= 15 is 0 Å². The van der Waals surface area contributed by atoms with Crippen molar-refractivity contribution in [3.05, 3.63) is 33.6 Å². The molecular formula is C17H18ClN3O3S. The first-order chi connectivity index (χ1) is 11.9. The zero-order valence-corrected chi connectivity index (χ0v) is 15.6. The minimum atomic E-state index is -0.247. The van der Waals surface area contributed by atoms with Crippen molar-refractivity contribution in [1.29, 1.82) is 0 Å². The Labute approximate surface area is 154 Å². The van der Waals surface area contributed by atoms with Gasteiger partial charge in [-0.05, 0) is 38.5 Å². The van der Waals surface area contributed by atoms with E-state index in [1.807, 2.05) is 13.8 Å². The van der Waals surface area contributed by atoms with E-state index in [1.165, 1.54) is 16.7 Å². The van der Waals surface area contributed by atoms with Crippen LogP contribution in [0.5, 0.6) is 0 Å². The number of thioether (sulfide) groups is 1. The van der Waals surface area contributed by atoms with Gasteiger partial charge in [-0.15, -0.1) is 0 Å². The van der Waals surface area contributed by atoms with Crippen molar-refractivity contribution in [3.8, 4) is 0 Å². The van der Waals surface area contributed by atoms with Crippen LogP contribution in [-0.4, -0.2) is 38.6 Å². The second-order valence-corrected chi connectivity index (χ2v) is 7.54. The maximum atomic E-state index is 12.8. The number of likely N-dealkylation sites (tertiary alicyclic amines) is 1. The van der Waals surface area contributed by atoms with Gasteiger partial charge in [-0.1, -0.05) is 23.4 Å². The van der Waals surface area contributed by atoms with Gasteiger partial charge in [0.15, 0.2) is 5.16 Å². The molecule has 1 aliphatic rings. The number of hydrogen-bond acceptors (Lipinski definition) is 5. The maximum absolute atomic E-state index is 12.8. The Morgan fingerprint density at radius 2 is 2.12 bits per heavy atom. The lowest BCUT2D eigenvalue weighted by Gasteiger charge is -2.17. The van der Waals surface area contributed by atoms with Gasteiger partial charge in [-0.25, -0.2) is 4.98 Å². The van der Waals surface area contributed by atoms with Gasteiger partial charge in [-0.2, -0.15) is 0 Å². The third-order valence-corrected chi connectivity index (χ3v) is 5.22. The fourth-order valence-corrected chi connectivity index (χ4v) is 4.00. The molecule has 132 valence electrons. The second-order valence-electron chi connectivity index (χ2n) is 6.16. The second kappa shape index (κ2) is 7.17. The Kier molecular flexibility index (Phi) is 5.15. The van der Waals surface area contributed by atoms with Crippen molar-refractivity contribution in [2.45, 2.75) is 37.9 Å². The molecule has 1 aromatic carbocycles. The number of carbonyl (C=O) groups excluding carboxylic acids is 2. The van der Waals surface area contributed by atoms with Crippen LogP contribution in [0, 0.1) is 0 Å². The molecule has 25 heavy (non-hydrogen) atoms. The largest absolute Gasteiger partial charge is 0.285 e. The van der Waals surface area contributed by atoms with Crippen LogP contribution in [0.25, 0.3) is 10.9 Å². The summed E-state index contributed by atoms with van der Waals surface area (Å²) < 4.78 is 1.57. The lowest BCUT2D eigenvalue weighted by atomic mass is 10.2. The molecule has 6 nitrogen and oxygen atoms in total. The average molecular weight is 380 g/mol. The number of imide groups is 1. The Hall–Kier alpha value is -1.86. The molecule has 0 aliphatic carbocycles. The van der Waals surface area contributed by atoms with Crippen molar-refractivity contribution in [1.82, 2.24) is 14.5 Å². The minimum Gasteiger partial charge on any atom is -0.285 e. The van der Waals surface area contributed by atoms with E-state index in [-0.39, 0.29) is 29.2 Å². The van der Waals surface area contributed by atoms with Gasteiger partial charge in [0.05, 0.1) is 16.7 Å². The van der Waals surface area contributed by atoms with Crippen molar-refractivity contribution >= 4 is 46.1 Å². The van der Waals surface area contributed by atoms with Crippen LogP contribution >= 0.6 is 23.4 Å². The summed E-state index contributed by atoms with van der Waals surface area (Å²) in [6, 6.07) is 4.85. The highest BCUT2D eigenvalue weighted by Gasteiger charge is 2.26. The standard InChI is InChI=1S/C17H18ClN3O3S/c1-10(2)21-16(24)12-6-5-11(18)8-13(12)19-17(21)25-9-15(23)20-7-3-4-14(20)22/h5-6,8,10H,3-4,7,9H2,1-2H3. The van der Waals surface area contributed by atoms with E-state index in [2.05, 4.69) is 4.98 Å². The molecule has 0 radical (unpaired) electrons. The number of rotatable bonds is 4. The Balaban J connectivity index is 1.94. The minimum absolute atomic E-state index is 0.0664. The Morgan fingerprint density at radius 3 is 2.76 bits per heavy atom. The SMILES string of the molecule is CC(C)n1c(SCC(=O)N2CCCC2=O)nc2cc(Cl)ccc2c1=O. The molecule has 2 heterocycles. The number of halogens is 1. The molecule has 0 unspecified atom stereocenters. The molecule has 1 aromatic heterocycles. The summed E-state index contributed by atoms with van der Waals surface area (Å²) in [7, 11) is 0. The molecule has 1 saturated heterocycles. The number of hydrogen-bond donors (Lipinski definition) is 0. The highest BCUT2D eigenvalue weighted by molar-refractivity contribution is 7.99. The Bertz CT molecular complexity index is 910. The van der Waals surface area contributed by atoms with Crippen LogP contribution in [0.4, 0.5) is 0 Å². The van der Waals surface area contributed by atoms with Gasteiger partial charge in [0.1, 0.15) is 0 Å². The average Bonchev–Trinajstić information content (AvgIpc) is 2.98. The van der Waals surface area contributed by atoms with E-state index in [9.17, 15) is 14.4 Å². The number of nitrogens with zero attached hydrogens (tertiary/aromatic N) is 3. The van der Waals surface area contributed by atoms with Crippen LogP contribution in [0.1, 0.15) is 32.7 Å². The van der Waals surface area contributed by atoms with E-state index in [1.54, 1.807) is 22.8 Å². The van der Waals surface area contributed by atoms with Crippen molar-refractivity contribution in [2.75, 3.05) is 12.3 Å². The molecule has 0 bridgehead atoms. The predicted molar refractivity (Wildman–Crippen MR) is 98.1 cm³/mol. The summed E-state index contributed by atoms with van der Waals surface area (Å²) in [6.07, 6.45) is 1.12. The van der Waals surface area contributed by atoms with Gasteiger partial charge in [0.2, 0.25) is 11.8 Å². The molecule has 0 spiro atoms. The topological polar surface area (TPSA) is 72.3 Å². The van der Waals surface area contributed by atoms with Crippen molar-refractivity contribution in [3.63, 3.8) is 0 Å². The molecule has 2 amide bonds. The Morgan fingerprint density at radius 1 is 1.36 bits per heavy atom. The molecule has 2 aromatic rings. The van der Waals surface area contributed by atoms with Crippen LogP contribution in [-0.2, 0) is 9.59 Å². The third kappa shape index (κ3) is 3.57. The van der Waals surface area contributed by atoms with Gasteiger partial charge in [0, 0.05) is 24.0 Å². The maximum Gasteiger partial charge on any atom is 0.262 e. The van der Waals surface area contributed by atoms with E-state index in [0.29, 0.717) is 40.5 Å². The number of benzene rings is 1. The first-order valence-electron chi connectivity index (χ1n) is 8.06. The van der Waals surface area contributed by atoms with Gasteiger partial charge in [0.25, 0.3) is 5.56 Å². The summed E-state index contributed by atoms with van der Waals surface area (Å²) in [4.78, 5) is 42.5. The van der Waals surface area contributed by atoms with Gasteiger partial charge >= 0.3 is 0 Å². The first-order valence-corrected chi connectivity index (χ1v) is 9.42. The molecule has 0 saturated carbocycles. The lowest BCUT2D eigenvalue weighted by Crippen LogP contribution is -2.33. The summed E-state index contributed by atoms with van der Waals surface area (Å²) in [5.74, 6) is -0.315. The van der Waals surface area contributed by atoms with Crippen LogP contribution in [0.3, 0.4) is 0 Å². The zero-order valence-electron chi connectivity index (χ0n) is 14.0. The van der Waals surface area contributed by atoms with Crippen molar-refractivity contribution < 1.29 is 9.59 Å². The summed E-state index contributed by atoms with van der Waals surface area (Å²) in [5, 5.41) is 1.44. The summed E-state index contributed by atoms with van der Waals surface area (Å²) >= 11 is 7.17. The number of carbonyl (C=O) groups is 2. The fourth-order valence-electron chi connectivity index (χ4n) is 2.82. The van der Waals surface area contributed by atoms with Gasteiger partial charge < -0.3 is 0 Å². The molecule has 8 heteroatoms. The van der Waals surface area contributed by atoms with Crippen LogP contribution in [0.2, 0.25) is 5.02 Å². The molecule has 0 N–H and O–H groups in total. The third-order valence-electron chi connectivity index (χ3n) is 4.05. The number of amides is 2. The highest BCUT2D eigenvalue weighted by atomic mass is 35.5. The van der Waals surface area contributed by atoms with E-state index in [4.69, 9.17) is 11.6 Å². The highest BCUT2D eigenvalue weighted by Crippen LogP contribution is 2.23. The van der Waals surface area contributed by atoms with Crippen molar-refractivity contribution in [2.24, 2.45) is 0 Å². The van der Waals surface area contributed by atoms with E-state index < -0.39 is 0 Å². The smallest absolute Gasteiger partial charge is 0.262 e. The number of aromatic nitrogens is 2. The molecule has 1 aliphatic heterocycles. The van der Waals surface area contributed by atoms with Crippen LogP contribution in [0.15, 0.2) is 28.2 Å². The fraction of sp³-hybridized carbons (Fsp3) is 0.412. The van der Waals surface area contributed by atoms with Crippen LogP contribution < -0.4 is 5.56 Å². The number of fused-ring (bicyclic) bond motifs is 1. The zero-order chi connectivity index (χ0) is 18.1. The molecule has 0 atom stereocenters. The first kappa shape index (κ1) is 17.9. The lowest BCUT2D eigenvalue weighted by molar-refractivity contribution is -0.140. The predicted octanol–water partition coefficient (Wildman–Crippen LogP) is 2.87. The summed E-state index contributed by atoms with van der Waals surface area (Å²) in [5.41, 5.74) is 0.338. The molecule has 3 rings (SSSR count). The van der Waals surface area contributed by atoms with E-state index in [0.717, 1.165) is 0 Å². The van der Waals surface area contributed by atoms with Gasteiger partial charge in [-0.3, -0.25) is 23.9 Å². The monoisotopic (exact) mass is 379 g/mol. The molecule has 1 fully saturated rings. The molecular weight excluding hydrogens is 362 g/mol. The normalized spacial score (nSPS) is 14.7.